The van der Waals surface area contributed by atoms with E-state index in [4.69, 9.17) is 11.6 Å². The highest BCUT2D eigenvalue weighted by Gasteiger charge is 2.09. The maximum Gasteiger partial charge on any atom is 0.261 e. The van der Waals surface area contributed by atoms with Gasteiger partial charge in [0.25, 0.3) is 5.56 Å². The number of rotatable bonds is 8. The van der Waals surface area contributed by atoms with Gasteiger partial charge in [0.2, 0.25) is 0 Å². The van der Waals surface area contributed by atoms with E-state index in [1.54, 1.807) is 4.57 Å². The van der Waals surface area contributed by atoms with Crippen LogP contribution in [-0.4, -0.2) is 21.6 Å². The van der Waals surface area contributed by atoms with Gasteiger partial charge in [0, 0.05) is 6.54 Å². The van der Waals surface area contributed by atoms with Crippen LogP contribution in [0.1, 0.15) is 31.5 Å². The van der Waals surface area contributed by atoms with Crippen LogP contribution in [0.15, 0.2) is 29.1 Å². The topological polar surface area (TPSA) is 34.9 Å². The predicted molar refractivity (Wildman–Crippen MR) is 92.4 cm³/mol. The highest BCUT2D eigenvalue weighted by Crippen LogP contribution is 2.11. The van der Waals surface area contributed by atoms with Crippen molar-refractivity contribution in [2.75, 3.05) is 12.0 Å². The SMILES string of the molecule is CSCCCCCCn1c(CCl)nc2ccccc2c1=O. The normalized spacial score (nSPS) is 11.1. The molecule has 0 saturated heterocycles. The molecule has 0 spiro atoms. The highest BCUT2D eigenvalue weighted by molar-refractivity contribution is 7.98. The number of alkyl halides is 1. The fourth-order valence-corrected chi connectivity index (χ4v) is 3.11. The van der Waals surface area contributed by atoms with Crippen LogP contribution in [0.3, 0.4) is 0 Å². The zero-order chi connectivity index (χ0) is 15.1. The van der Waals surface area contributed by atoms with E-state index in [1.807, 2.05) is 36.0 Å². The van der Waals surface area contributed by atoms with Crippen LogP contribution in [0.5, 0.6) is 0 Å². The molecule has 0 fully saturated rings. The van der Waals surface area contributed by atoms with Crippen LogP contribution < -0.4 is 5.56 Å². The number of unbranched alkanes of at least 4 members (excludes halogenated alkanes) is 3. The molecule has 0 saturated carbocycles. The number of para-hydroxylation sites is 1. The Morgan fingerprint density at radius 3 is 2.71 bits per heavy atom. The quantitative estimate of drug-likeness (QED) is 0.542. The van der Waals surface area contributed by atoms with Crippen LogP contribution in [0.4, 0.5) is 0 Å². The summed E-state index contributed by atoms with van der Waals surface area (Å²) in [5, 5.41) is 0.675. The third-order valence-electron chi connectivity index (χ3n) is 3.54. The van der Waals surface area contributed by atoms with Gasteiger partial charge in [-0.1, -0.05) is 25.0 Å². The molecule has 1 aromatic carbocycles. The number of thioether (sulfide) groups is 1. The lowest BCUT2D eigenvalue weighted by Crippen LogP contribution is -2.25. The van der Waals surface area contributed by atoms with Crippen molar-refractivity contribution in [3.05, 3.63) is 40.4 Å². The Balaban J connectivity index is 2.11. The van der Waals surface area contributed by atoms with Gasteiger partial charge in [-0.15, -0.1) is 11.6 Å². The molecule has 0 amide bonds. The van der Waals surface area contributed by atoms with E-state index in [9.17, 15) is 4.79 Å². The average molecular weight is 325 g/mol. The molecule has 0 bridgehead atoms. The number of fused-ring (bicyclic) bond motifs is 1. The van der Waals surface area contributed by atoms with Crippen molar-refractivity contribution in [3.63, 3.8) is 0 Å². The fraction of sp³-hybridized carbons (Fsp3) is 0.500. The molecule has 0 aliphatic heterocycles. The molecule has 0 aliphatic rings. The van der Waals surface area contributed by atoms with Crippen molar-refractivity contribution >= 4 is 34.3 Å². The Labute approximate surface area is 134 Å². The van der Waals surface area contributed by atoms with Crippen molar-refractivity contribution in [1.29, 1.82) is 0 Å². The van der Waals surface area contributed by atoms with Gasteiger partial charge >= 0.3 is 0 Å². The Hall–Kier alpha value is -1.00. The second-order valence-electron chi connectivity index (χ2n) is 5.04. The van der Waals surface area contributed by atoms with Gasteiger partial charge in [-0.05, 0) is 37.0 Å². The second kappa shape index (κ2) is 8.44. The van der Waals surface area contributed by atoms with Crippen LogP contribution in [-0.2, 0) is 12.4 Å². The summed E-state index contributed by atoms with van der Waals surface area (Å²) in [4.78, 5) is 17.0. The maximum atomic E-state index is 12.5. The number of halogens is 1. The first kappa shape index (κ1) is 16.4. The van der Waals surface area contributed by atoms with Crippen molar-refractivity contribution in [2.45, 2.75) is 38.1 Å². The van der Waals surface area contributed by atoms with Crippen molar-refractivity contribution in [3.8, 4) is 0 Å². The van der Waals surface area contributed by atoms with Gasteiger partial charge in [-0.3, -0.25) is 9.36 Å². The Morgan fingerprint density at radius 1 is 1.19 bits per heavy atom. The summed E-state index contributed by atoms with van der Waals surface area (Å²) in [6.45, 7) is 0.706. The molecule has 1 heterocycles. The lowest BCUT2D eigenvalue weighted by molar-refractivity contribution is 0.555. The number of hydrogen-bond donors (Lipinski definition) is 0. The van der Waals surface area contributed by atoms with E-state index in [1.165, 1.54) is 18.6 Å². The molecule has 5 heteroatoms. The summed E-state index contributed by atoms with van der Waals surface area (Å²) in [6, 6.07) is 7.46. The summed E-state index contributed by atoms with van der Waals surface area (Å²) in [5.41, 5.74) is 0.759. The minimum absolute atomic E-state index is 0.0281. The summed E-state index contributed by atoms with van der Waals surface area (Å²) in [5.74, 6) is 2.15. The third-order valence-corrected chi connectivity index (χ3v) is 4.48. The van der Waals surface area contributed by atoms with Crippen LogP contribution >= 0.6 is 23.4 Å². The molecule has 0 radical (unpaired) electrons. The minimum Gasteiger partial charge on any atom is -0.295 e. The first-order chi connectivity index (χ1) is 10.3. The van der Waals surface area contributed by atoms with Gasteiger partial charge in [-0.2, -0.15) is 11.8 Å². The third kappa shape index (κ3) is 4.24. The van der Waals surface area contributed by atoms with Crippen molar-refractivity contribution in [1.82, 2.24) is 9.55 Å². The zero-order valence-electron chi connectivity index (χ0n) is 12.3. The number of benzene rings is 1. The molecule has 0 aliphatic carbocycles. The average Bonchev–Trinajstić information content (AvgIpc) is 2.52. The van der Waals surface area contributed by atoms with E-state index < -0.39 is 0 Å². The number of hydrogen-bond acceptors (Lipinski definition) is 3. The largest absolute Gasteiger partial charge is 0.295 e. The molecule has 0 atom stereocenters. The molecule has 1 aromatic heterocycles. The van der Waals surface area contributed by atoms with Crippen molar-refractivity contribution in [2.24, 2.45) is 0 Å². The first-order valence-electron chi connectivity index (χ1n) is 7.31. The maximum absolute atomic E-state index is 12.5. The van der Waals surface area contributed by atoms with Gasteiger partial charge < -0.3 is 0 Å². The molecule has 3 nitrogen and oxygen atoms in total. The predicted octanol–water partition coefficient (Wildman–Crippen LogP) is 4.06. The summed E-state index contributed by atoms with van der Waals surface area (Å²) >= 11 is 7.84. The monoisotopic (exact) mass is 324 g/mol. The fourth-order valence-electron chi connectivity index (χ4n) is 2.42. The Morgan fingerprint density at radius 2 is 1.95 bits per heavy atom. The standard InChI is InChI=1S/C16H21ClN2OS/c1-21-11-7-3-2-6-10-19-15(12-17)18-14-9-5-4-8-13(14)16(19)20/h4-5,8-9H,2-3,6-7,10-12H2,1H3. The van der Waals surface area contributed by atoms with Crippen LogP contribution in [0.2, 0.25) is 0 Å². The first-order valence-corrected chi connectivity index (χ1v) is 9.24. The zero-order valence-corrected chi connectivity index (χ0v) is 13.9. The molecule has 0 N–H and O–H groups in total. The molecular formula is C16H21ClN2OS. The molecule has 0 unspecified atom stereocenters. The van der Waals surface area contributed by atoms with Crippen molar-refractivity contribution < 1.29 is 0 Å². The lowest BCUT2D eigenvalue weighted by atomic mass is 10.2. The lowest BCUT2D eigenvalue weighted by Gasteiger charge is -2.11. The highest BCUT2D eigenvalue weighted by atomic mass is 35.5. The summed E-state index contributed by atoms with van der Waals surface area (Å²) in [7, 11) is 0. The van der Waals surface area contributed by atoms with Crippen LogP contribution in [0.25, 0.3) is 10.9 Å². The second-order valence-corrected chi connectivity index (χ2v) is 6.30. The molecular weight excluding hydrogens is 304 g/mol. The van der Waals surface area contributed by atoms with Crippen LogP contribution in [0, 0.1) is 0 Å². The van der Waals surface area contributed by atoms with E-state index in [0.29, 0.717) is 17.8 Å². The Kier molecular flexibility index (Phi) is 6.58. The van der Waals surface area contributed by atoms with E-state index >= 15 is 0 Å². The van der Waals surface area contributed by atoms with E-state index in [-0.39, 0.29) is 11.4 Å². The Bertz CT molecular complexity index is 642. The van der Waals surface area contributed by atoms with E-state index in [0.717, 1.165) is 18.4 Å². The van der Waals surface area contributed by atoms with Gasteiger partial charge in [0.05, 0.1) is 16.8 Å². The number of nitrogens with zero attached hydrogens (tertiary/aromatic N) is 2. The smallest absolute Gasteiger partial charge is 0.261 e. The molecule has 2 rings (SSSR count). The summed E-state index contributed by atoms with van der Waals surface area (Å²) in [6.07, 6.45) is 6.73. The van der Waals surface area contributed by atoms with E-state index in [2.05, 4.69) is 11.2 Å². The van der Waals surface area contributed by atoms with Gasteiger partial charge in [0.15, 0.2) is 0 Å². The minimum atomic E-state index is 0.0281. The molecule has 21 heavy (non-hydrogen) atoms. The van der Waals surface area contributed by atoms with Gasteiger partial charge in [0.1, 0.15) is 5.82 Å². The number of aromatic nitrogens is 2. The molecule has 114 valence electrons. The molecule has 2 aromatic rings. The summed E-state index contributed by atoms with van der Waals surface area (Å²) < 4.78 is 1.74. The van der Waals surface area contributed by atoms with Gasteiger partial charge in [-0.25, -0.2) is 4.98 Å².